The van der Waals surface area contributed by atoms with Gasteiger partial charge in [0.15, 0.2) is 5.82 Å². The van der Waals surface area contributed by atoms with Crippen molar-refractivity contribution in [2.45, 2.75) is 30.0 Å². The predicted octanol–water partition coefficient (Wildman–Crippen LogP) is 5.16. The molecule has 3 aromatic rings. The first kappa shape index (κ1) is 18.4. The molecule has 4 nitrogen and oxygen atoms in total. The van der Waals surface area contributed by atoms with E-state index in [1.807, 2.05) is 60.4 Å². The van der Waals surface area contributed by atoms with Crippen LogP contribution in [0.1, 0.15) is 19.8 Å². The van der Waals surface area contributed by atoms with Crippen molar-refractivity contribution in [3.8, 4) is 11.4 Å². The molecule has 0 aliphatic carbocycles. The number of thioether (sulfide) groups is 1. The Bertz CT molecular complexity index is 971. The van der Waals surface area contributed by atoms with E-state index in [2.05, 4.69) is 15.9 Å². The lowest BCUT2D eigenvalue weighted by atomic mass is 10.2. The zero-order chi connectivity index (χ0) is 18.8. The van der Waals surface area contributed by atoms with Crippen molar-refractivity contribution in [1.82, 2.24) is 14.9 Å². The van der Waals surface area contributed by atoms with Gasteiger partial charge in [-0.3, -0.25) is 4.79 Å². The number of amides is 1. The van der Waals surface area contributed by atoms with Crippen LogP contribution < -0.4 is 0 Å². The van der Waals surface area contributed by atoms with Gasteiger partial charge in [0, 0.05) is 28.5 Å². The maximum atomic E-state index is 12.7. The lowest BCUT2D eigenvalue weighted by molar-refractivity contribution is -0.129. The summed E-state index contributed by atoms with van der Waals surface area (Å²) in [5, 5.41) is 1.68. The molecule has 4 rings (SSSR count). The third-order valence-corrected chi connectivity index (χ3v) is 6.34. The van der Waals surface area contributed by atoms with Gasteiger partial charge in [0.25, 0.3) is 0 Å². The number of hydrogen-bond donors (Lipinski definition) is 0. The summed E-state index contributed by atoms with van der Waals surface area (Å²) in [6.07, 6.45) is 2.21. The molecule has 138 valence electrons. The van der Waals surface area contributed by atoms with Gasteiger partial charge >= 0.3 is 0 Å². The van der Waals surface area contributed by atoms with Crippen LogP contribution in [0, 0.1) is 0 Å². The smallest absolute Gasteiger partial charge is 0.235 e. The number of halogens is 1. The molecule has 2 aromatic carbocycles. The largest absolute Gasteiger partial charge is 0.342 e. The summed E-state index contributed by atoms with van der Waals surface area (Å²) in [6.45, 7) is 3.72. The molecule has 0 N–H and O–H groups in total. The molecule has 1 fully saturated rings. The Morgan fingerprint density at radius 2 is 1.78 bits per heavy atom. The van der Waals surface area contributed by atoms with Gasteiger partial charge in [-0.1, -0.05) is 58.0 Å². The lowest BCUT2D eigenvalue weighted by Crippen LogP contribution is -2.34. The topological polar surface area (TPSA) is 46.1 Å². The molecule has 0 bridgehead atoms. The molecule has 1 aromatic heterocycles. The number of carbonyl (C=O) groups is 1. The fourth-order valence-electron chi connectivity index (χ4n) is 3.28. The van der Waals surface area contributed by atoms with E-state index in [9.17, 15) is 4.79 Å². The van der Waals surface area contributed by atoms with Crippen LogP contribution in [0.25, 0.3) is 22.3 Å². The van der Waals surface area contributed by atoms with Crippen molar-refractivity contribution in [3.05, 3.63) is 53.0 Å². The van der Waals surface area contributed by atoms with Gasteiger partial charge in [-0.05, 0) is 38.0 Å². The number of para-hydroxylation sites is 1. The van der Waals surface area contributed by atoms with Gasteiger partial charge in [-0.25, -0.2) is 9.97 Å². The second kappa shape index (κ2) is 7.98. The van der Waals surface area contributed by atoms with Gasteiger partial charge in [0.2, 0.25) is 5.91 Å². The van der Waals surface area contributed by atoms with Crippen molar-refractivity contribution in [2.24, 2.45) is 0 Å². The molecule has 1 aliphatic rings. The molecule has 0 spiro atoms. The summed E-state index contributed by atoms with van der Waals surface area (Å²) in [5.74, 6) is 0.884. The molecular formula is C21H20BrN3OS. The van der Waals surface area contributed by atoms with E-state index in [0.29, 0.717) is 5.82 Å². The first-order chi connectivity index (χ1) is 13.1. The highest BCUT2D eigenvalue weighted by atomic mass is 79.9. The van der Waals surface area contributed by atoms with Crippen molar-refractivity contribution in [3.63, 3.8) is 0 Å². The molecular weight excluding hydrogens is 422 g/mol. The molecule has 1 atom stereocenters. The second-order valence-electron chi connectivity index (χ2n) is 6.67. The third-order valence-electron chi connectivity index (χ3n) is 4.72. The van der Waals surface area contributed by atoms with Crippen LogP contribution in [-0.2, 0) is 4.79 Å². The average molecular weight is 442 g/mol. The molecule has 1 amide bonds. The van der Waals surface area contributed by atoms with E-state index in [-0.39, 0.29) is 11.2 Å². The number of aromatic nitrogens is 2. The van der Waals surface area contributed by atoms with Crippen LogP contribution in [0.2, 0.25) is 0 Å². The molecule has 0 saturated carbocycles. The molecule has 1 aliphatic heterocycles. The maximum absolute atomic E-state index is 12.7. The molecule has 6 heteroatoms. The van der Waals surface area contributed by atoms with Crippen LogP contribution in [0.3, 0.4) is 0 Å². The Hall–Kier alpha value is -1.92. The summed E-state index contributed by atoms with van der Waals surface area (Å²) in [5.41, 5.74) is 1.86. The van der Waals surface area contributed by atoms with Crippen LogP contribution in [0.5, 0.6) is 0 Å². The summed E-state index contributed by atoms with van der Waals surface area (Å²) in [7, 11) is 0. The van der Waals surface area contributed by atoms with Crippen molar-refractivity contribution >= 4 is 44.5 Å². The third kappa shape index (κ3) is 4.01. The highest BCUT2D eigenvalue weighted by Crippen LogP contribution is 2.32. The zero-order valence-corrected chi connectivity index (χ0v) is 17.5. The minimum atomic E-state index is -0.167. The monoisotopic (exact) mass is 441 g/mol. The van der Waals surface area contributed by atoms with Gasteiger partial charge in [0.05, 0.1) is 10.8 Å². The zero-order valence-electron chi connectivity index (χ0n) is 15.1. The SMILES string of the molecule is C[C@H](Sc1nc(-c2ccc(Br)cc2)nc2ccccc12)C(=O)N1CCCC1. The normalized spacial score (nSPS) is 15.3. The van der Waals surface area contributed by atoms with Crippen LogP contribution >= 0.6 is 27.7 Å². The van der Waals surface area contributed by atoms with Gasteiger partial charge in [-0.2, -0.15) is 0 Å². The highest BCUT2D eigenvalue weighted by Gasteiger charge is 2.25. The second-order valence-corrected chi connectivity index (χ2v) is 8.91. The minimum Gasteiger partial charge on any atom is -0.342 e. The number of rotatable bonds is 4. The Labute approximate surface area is 171 Å². The van der Waals surface area contributed by atoms with Crippen LogP contribution in [-0.4, -0.2) is 39.1 Å². The standard InChI is InChI=1S/C21H20BrN3OS/c1-14(21(26)25-12-4-5-13-25)27-20-17-6-2-3-7-18(17)23-19(24-20)15-8-10-16(22)11-9-15/h2-3,6-11,14H,4-5,12-13H2,1H3/t14-/m0/s1. The number of hydrogen-bond acceptors (Lipinski definition) is 4. The summed E-state index contributed by atoms with van der Waals surface area (Å²) in [4.78, 5) is 24.2. The van der Waals surface area contributed by atoms with Crippen molar-refractivity contribution in [1.29, 1.82) is 0 Å². The quantitative estimate of drug-likeness (QED) is 0.414. The Balaban J connectivity index is 1.70. The molecule has 0 radical (unpaired) electrons. The average Bonchev–Trinajstić information content (AvgIpc) is 3.22. The molecule has 2 heterocycles. The summed E-state index contributed by atoms with van der Waals surface area (Å²) in [6, 6.07) is 16.0. The van der Waals surface area contributed by atoms with E-state index in [4.69, 9.17) is 9.97 Å². The fraction of sp³-hybridized carbons (Fsp3) is 0.286. The number of benzene rings is 2. The summed E-state index contributed by atoms with van der Waals surface area (Å²) < 4.78 is 1.02. The number of carbonyl (C=O) groups excluding carboxylic acids is 1. The van der Waals surface area contributed by atoms with E-state index in [0.717, 1.165) is 51.9 Å². The lowest BCUT2D eigenvalue weighted by Gasteiger charge is -2.20. The maximum Gasteiger partial charge on any atom is 0.235 e. The number of fused-ring (bicyclic) bond motifs is 1. The van der Waals surface area contributed by atoms with Gasteiger partial charge < -0.3 is 4.90 Å². The Morgan fingerprint density at radius 3 is 2.52 bits per heavy atom. The molecule has 1 saturated heterocycles. The summed E-state index contributed by atoms with van der Waals surface area (Å²) >= 11 is 4.99. The van der Waals surface area contributed by atoms with Crippen LogP contribution in [0.4, 0.5) is 0 Å². The van der Waals surface area contributed by atoms with E-state index >= 15 is 0 Å². The van der Waals surface area contributed by atoms with E-state index in [1.165, 1.54) is 11.8 Å². The fourth-order valence-corrected chi connectivity index (χ4v) is 4.57. The minimum absolute atomic E-state index is 0.167. The highest BCUT2D eigenvalue weighted by molar-refractivity contribution is 9.10. The first-order valence-electron chi connectivity index (χ1n) is 9.10. The van der Waals surface area contributed by atoms with Gasteiger partial charge in [0.1, 0.15) is 5.03 Å². The Morgan fingerprint density at radius 1 is 1.07 bits per heavy atom. The van der Waals surface area contributed by atoms with E-state index in [1.54, 1.807) is 0 Å². The van der Waals surface area contributed by atoms with E-state index < -0.39 is 0 Å². The van der Waals surface area contributed by atoms with Crippen molar-refractivity contribution < 1.29 is 4.79 Å². The number of likely N-dealkylation sites (tertiary alicyclic amines) is 1. The Kier molecular flexibility index (Phi) is 5.45. The van der Waals surface area contributed by atoms with Crippen molar-refractivity contribution in [2.75, 3.05) is 13.1 Å². The number of nitrogens with zero attached hydrogens (tertiary/aromatic N) is 3. The molecule has 27 heavy (non-hydrogen) atoms. The predicted molar refractivity (Wildman–Crippen MR) is 114 cm³/mol. The van der Waals surface area contributed by atoms with Gasteiger partial charge in [-0.15, -0.1) is 0 Å². The van der Waals surface area contributed by atoms with Crippen LogP contribution in [0.15, 0.2) is 58.0 Å². The first-order valence-corrected chi connectivity index (χ1v) is 10.8. The molecule has 0 unspecified atom stereocenters.